The molecule has 0 spiro atoms. The van der Waals surface area contributed by atoms with Crippen molar-refractivity contribution in [3.63, 3.8) is 0 Å². The van der Waals surface area contributed by atoms with Crippen LogP contribution in [0.5, 0.6) is 0 Å². The fourth-order valence-corrected chi connectivity index (χ4v) is 10.4. The maximum absolute atomic E-state index is 2.42. The zero-order chi connectivity index (χ0) is 32.9. The van der Waals surface area contributed by atoms with Gasteiger partial charge in [-0.1, -0.05) is 185 Å². The highest BCUT2D eigenvalue weighted by Crippen LogP contribution is 2.51. The normalized spacial score (nSPS) is 16.9. The number of hydrogen-bond donors (Lipinski definition) is 0. The first-order valence-corrected chi connectivity index (χ1v) is 17.1. The van der Waals surface area contributed by atoms with Crippen LogP contribution in [0.1, 0.15) is 191 Å². The summed E-state index contributed by atoms with van der Waals surface area (Å²) in [5, 5.41) is 0. The molecule has 40 heavy (non-hydrogen) atoms. The summed E-state index contributed by atoms with van der Waals surface area (Å²) in [5.41, 5.74) is 2.95. The molecule has 0 amide bonds. The largest absolute Gasteiger partial charge is 0.0628 e. The SMILES string of the molecule is CC(C)(C)C(C(C)(C)C)C(C)(C)C.CC(C)(C)C(C1CCCC1)C(C)(C)C.CC(C)CC(C(C)(C)C)C(C)(C)C. The highest BCUT2D eigenvalue weighted by Gasteiger charge is 2.43. The molecule has 1 aliphatic carbocycles. The third-order valence-corrected chi connectivity index (χ3v) is 9.13. The van der Waals surface area contributed by atoms with E-state index in [0.29, 0.717) is 37.9 Å². The molecule has 0 aromatic rings. The van der Waals surface area contributed by atoms with Gasteiger partial charge in [-0.2, -0.15) is 0 Å². The van der Waals surface area contributed by atoms with Crippen LogP contribution in [0.25, 0.3) is 0 Å². The molecule has 0 unspecified atom stereocenters. The Morgan fingerprint density at radius 2 is 0.700 bits per heavy atom. The fraction of sp³-hybridized carbons (Fsp3) is 1.00. The summed E-state index contributed by atoms with van der Waals surface area (Å²) in [4.78, 5) is 0. The van der Waals surface area contributed by atoms with E-state index in [-0.39, 0.29) is 0 Å². The third-order valence-electron chi connectivity index (χ3n) is 9.13. The summed E-state index contributed by atoms with van der Waals surface area (Å²) in [5.74, 6) is 4.20. The topological polar surface area (TPSA) is 0 Å². The Bertz CT molecular complexity index is 602. The van der Waals surface area contributed by atoms with Crippen LogP contribution in [0.2, 0.25) is 0 Å². The molecule has 0 atom stereocenters. The van der Waals surface area contributed by atoms with Crippen LogP contribution in [0, 0.1) is 67.5 Å². The molecule has 1 aliphatic rings. The van der Waals surface area contributed by atoms with Crippen LogP contribution in [0.3, 0.4) is 0 Å². The molecule has 0 heterocycles. The van der Waals surface area contributed by atoms with Crippen molar-refractivity contribution in [2.24, 2.45) is 67.5 Å². The van der Waals surface area contributed by atoms with Crippen molar-refractivity contribution < 1.29 is 0 Å². The summed E-state index contributed by atoms with van der Waals surface area (Å²) in [6.07, 6.45) is 7.21. The van der Waals surface area contributed by atoms with E-state index >= 15 is 0 Å². The minimum Gasteiger partial charge on any atom is -0.0628 e. The van der Waals surface area contributed by atoms with Gasteiger partial charge in [-0.25, -0.2) is 0 Å². The lowest BCUT2D eigenvalue weighted by molar-refractivity contribution is 0.00270. The summed E-state index contributed by atoms with van der Waals surface area (Å²) >= 11 is 0. The molecule has 1 rings (SSSR count). The zero-order valence-electron chi connectivity index (χ0n) is 32.9. The standard InChI is InChI=1S/C14H28.2C13H28/c1-13(2,3)12(14(4,5)6)11-9-7-8-10-11;1-11(2,3)10(12(4,5)6)13(7,8)9;1-10(2)9-11(12(3,4)5)13(6,7)8/h11-12H,7-10H2,1-6H3;10H,1-9H3;10-11H,9H2,1-8H3. The van der Waals surface area contributed by atoms with Crippen molar-refractivity contribution in [1.29, 1.82) is 0 Å². The molecule has 0 nitrogen and oxygen atoms in total. The van der Waals surface area contributed by atoms with E-state index in [1.54, 1.807) is 0 Å². The smallest absolute Gasteiger partial charge is 0.0268 e. The Labute approximate surface area is 258 Å². The van der Waals surface area contributed by atoms with Gasteiger partial charge >= 0.3 is 0 Å². The maximum Gasteiger partial charge on any atom is -0.0268 e. The molecule has 0 aromatic carbocycles. The van der Waals surface area contributed by atoms with Crippen LogP contribution in [0.4, 0.5) is 0 Å². The van der Waals surface area contributed by atoms with Gasteiger partial charge in [0, 0.05) is 0 Å². The van der Waals surface area contributed by atoms with E-state index in [4.69, 9.17) is 0 Å². The second-order valence-electron chi connectivity index (χ2n) is 21.7. The molecule has 0 radical (unpaired) electrons. The highest BCUT2D eigenvalue weighted by molar-refractivity contribution is 4.92. The van der Waals surface area contributed by atoms with Crippen molar-refractivity contribution in [3.8, 4) is 0 Å². The number of hydrogen-bond acceptors (Lipinski definition) is 0. The van der Waals surface area contributed by atoms with Gasteiger partial charge in [-0.05, 0) is 73.9 Å². The van der Waals surface area contributed by atoms with Gasteiger partial charge in [0.2, 0.25) is 0 Å². The number of rotatable bonds is 3. The van der Waals surface area contributed by atoms with Gasteiger partial charge in [-0.15, -0.1) is 0 Å². The van der Waals surface area contributed by atoms with Crippen LogP contribution in [-0.4, -0.2) is 0 Å². The quantitative estimate of drug-likeness (QED) is 0.320. The van der Waals surface area contributed by atoms with Crippen molar-refractivity contribution in [2.75, 3.05) is 0 Å². The van der Waals surface area contributed by atoms with E-state index in [1.807, 2.05) is 0 Å². The first kappa shape index (κ1) is 42.1. The van der Waals surface area contributed by atoms with Crippen molar-refractivity contribution in [1.82, 2.24) is 0 Å². The van der Waals surface area contributed by atoms with Crippen molar-refractivity contribution in [2.45, 2.75) is 191 Å². The van der Waals surface area contributed by atoms with E-state index < -0.39 is 0 Å². The summed E-state index contributed by atoms with van der Waals surface area (Å²) in [6.45, 7) is 54.6. The predicted molar refractivity (Wildman–Crippen MR) is 188 cm³/mol. The van der Waals surface area contributed by atoms with Gasteiger partial charge in [0.1, 0.15) is 0 Å². The van der Waals surface area contributed by atoms with E-state index in [2.05, 4.69) is 159 Å². The molecule has 244 valence electrons. The van der Waals surface area contributed by atoms with E-state index in [9.17, 15) is 0 Å². The van der Waals surface area contributed by atoms with Gasteiger partial charge in [0.25, 0.3) is 0 Å². The Hall–Kier alpha value is 0. The van der Waals surface area contributed by atoms with Crippen LogP contribution in [-0.2, 0) is 0 Å². The third kappa shape index (κ3) is 16.0. The monoisotopic (exact) mass is 565 g/mol. The molecule has 0 saturated heterocycles. The maximum atomic E-state index is 2.42. The van der Waals surface area contributed by atoms with Crippen LogP contribution < -0.4 is 0 Å². The lowest BCUT2D eigenvalue weighted by atomic mass is 9.56. The van der Waals surface area contributed by atoms with Crippen LogP contribution in [0.15, 0.2) is 0 Å². The van der Waals surface area contributed by atoms with Gasteiger partial charge in [0.05, 0.1) is 0 Å². The highest BCUT2D eigenvalue weighted by atomic mass is 14.5. The molecule has 0 bridgehead atoms. The lowest BCUT2D eigenvalue weighted by Crippen LogP contribution is -2.41. The molecule has 1 fully saturated rings. The molecule has 0 heteroatoms. The van der Waals surface area contributed by atoms with Gasteiger partial charge in [-0.3, -0.25) is 0 Å². The zero-order valence-corrected chi connectivity index (χ0v) is 32.9. The molecule has 0 aliphatic heterocycles. The van der Waals surface area contributed by atoms with Crippen molar-refractivity contribution >= 4 is 0 Å². The molecular weight excluding hydrogens is 480 g/mol. The summed E-state index contributed by atoms with van der Waals surface area (Å²) < 4.78 is 0. The van der Waals surface area contributed by atoms with E-state index in [0.717, 1.165) is 29.6 Å². The minimum atomic E-state index is 0.385. The lowest BCUT2D eigenvalue weighted by Gasteiger charge is -2.49. The van der Waals surface area contributed by atoms with Crippen molar-refractivity contribution in [3.05, 3.63) is 0 Å². The Kier molecular flexibility index (Phi) is 15.4. The first-order valence-electron chi connectivity index (χ1n) is 17.1. The summed E-state index contributed by atoms with van der Waals surface area (Å²) in [6, 6.07) is 0. The van der Waals surface area contributed by atoms with Gasteiger partial charge < -0.3 is 0 Å². The molecular formula is C40H84. The Morgan fingerprint density at radius 3 is 0.825 bits per heavy atom. The molecule has 1 saturated carbocycles. The second kappa shape index (κ2) is 14.7. The Morgan fingerprint density at radius 1 is 0.425 bits per heavy atom. The average Bonchev–Trinajstić information content (AvgIpc) is 3.05. The average molecular weight is 565 g/mol. The van der Waals surface area contributed by atoms with Crippen LogP contribution >= 0.6 is 0 Å². The fourth-order valence-electron chi connectivity index (χ4n) is 10.4. The Balaban J connectivity index is 0. The summed E-state index contributed by atoms with van der Waals surface area (Å²) in [7, 11) is 0. The predicted octanol–water partition coefficient (Wildman–Crippen LogP) is 14.4. The minimum absolute atomic E-state index is 0.385. The molecule has 0 N–H and O–H groups in total. The molecule has 0 aromatic heterocycles. The first-order chi connectivity index (χ1) is 17.1. The van der Waals surface area contributed by atoms with Gasteiger partial charge in [0.15, 0.2) is 0 Å². The van der Waals surface area contributed by atoms with E-state index in [1.165, 1.54) is 32.1 Å². The second-order valence-corrected chi connectivity index (χ2v) is 21.7.